The van der Waals surface area contributed by atoms with Crippen molar-refractivity contribution in [2.24, 2.45) is 4.99 Å². The number of fused-ring (bicyclic) bond motifs is 1. The Balaban J connectivity index is 1.42. The van der Waals surface area contributed by atoms with Gasteiger partial charge in [-0.3, -0.25) is 14.2 Å². The zero-order chi connectivity index (χ0) is 32.9. The number of aromatic nitrogens is 1. The fourth-order valence-corrected chi connectivity index (χ4v) is 6.70. The second kappa shape index (κ2) is 14.4. The van der Waals surface area contributed by atoms with Gasteiger partial charge in [-0.25, -0.2) is 9.79 Å². The van der Waals surface area contributed by atoms with Gasteiger partial charge in [0.15, 0.2) is 11.4 Å². The van der Waals surface area contributed by atoms with E-state index in [9.17, 15) is 14.4 Å². The molecule has 0 unspecified atom stereocenters. The average molecular weight is 674 g/mol. The van der Waals surface area contributed by atoms with Crippen LogP contribution in [-0.2, 0) is 19.1 Å². The molecule has 6 rings (SSSR count). The SMILES string of the molecule is CCOC(=O)C1=C(c2ccccc2)N=c2s/c(=C\c3ccc(OCC(=O)N4CCOCC4)cc3)c(=O)n2[C@@H]1c1cc(Cl)ccc1OC. The van der Waals surface area contributed by atoms with E-state index in [-0.39, 0.29) is 30.3 Å². The molecule has 2 aliphatic rings. The number of rotatable bonds is 9. The highest BCUT2D eigenvalue weighted by Crippen LogP contribution is 2.39. The molecule has 1 fully saturated rings. The van der Waals surface area contributed by atoms with Crippen molar-refractivity contribution in [3.05, 3.63) is 120 Å². The van der Waals surface area contributed by atoms with Crippen molar-refractivity contribution < 1.29 is 28.5 Å². The zero-order valence-electron chi connectivity index (χ0n) is 25.8. The van der Waals surface area contributed by atoms with Crippen molar-refractivity contribution in [1.29, 1.82) is 0 Å². The molecule has 3 aromatic carbocycles. The highest BCUT2D eigenvalue weighted by atomic mass is 35.5. The second-order valence-corrected chi connectivity index (χ2v) is 12.1. The molecule has 0 saturated carbocycles. The van der Waals surface area contributed by atoms with E-state index in [0.717, 1.165) is 5.56 Å². The number of carbonyl (C=O) groups is 2. The summed E-state index contributed by atoms with van der Waals surface area (Å²) in [6.45, 7) is 3.94. The number of hydrogen-bond acceptors (Lipinski definition) is 9. The number of carbonyl (C=O) groups excluding carboxylic acids is 2. The van der Waals surface area contributed by atoms with Crippen LogP contribution in [0.25, 0.3) is 11.8 Å². The first kappa shape index (κ1) is 32.2. The molecular formula is C35H32ClN3O7S. The highest BCUT2D eigenvalue weighted by molar-refractivity contribution is 7.07. The van der Waals surface area contributed by atoms with Crippen molar-refractivity contribution in [2.75, 3.05) is 46.6 Å². The Morgan fingerprint density at radius 2 is 1.81 bits per heavy atom. The third-order valence-electron chi connectivity index (χ3n) is 7.76. The normalized spacial score (nSPS) is 16.4. The van der Waals surface area contributed by atoms with Gasteiger partial charge in [-0.1, -0.05) is 65.4 Å². The molecule has 4 aromatic rings. The molecule has 1 aromatic heterocycles. The Hall–Kier alpha value is -4.71. The zero-order valence-corrected chi connectivity index (χ0v) is 27.4. The largest absolute Gasteiger partial charge is 0.496 e. The van der Waals surface area contributed by atoms with Crippen LogP contribution >= 0.6 is 22.9 Å². The maximum atomic E-state index is 14.2. The summed E-state index contributed by atoms with van der Waals surface area (Å²) < 4.78 is 24.2. The standard InChI is InChI=1S/C35H32ClN3O7S/c1-3-45-34(42)30-31(23-7-5-4-6-8-23)37-35-39(32(30)26-20-24(36)11-14-27(26)43-2)33(41)28(47-35)19-22-9-12-25(13-10-22)46-21-29(40)38-15-17-44-18-16-38/h4-14,19-20,32H,3,15-18,21H2,1-2H3/b28-19-/t32-/m1/s1. The van der Waals surface area contributed by atoms with Crippen molar-refractivity contribution in [3.8, 4) is 11.5 Å². The number of ether oxygens (including phenoxy) is 4. The monoisotopic (exact) mass is 673 g/mol. The van der Waals surface area contributed by atoms with Crippen molar-refractivity contribution in [2.45, 2.75) is 13.0 Å². The third-order valence-corrected chi connectivity index (χ3v) is 8.98. The van der Waals surface area contributed by atoms with Crippen molar-refractivity contribution in [1.82, 2.24) is 9.47 Å². The van der Waals surface area contributed by atoms with Gasteiger partial charge >= 0.3 is 5.97 Å². The quantitative estimate of drug-likeness (QED) is 0.249. The minimum atomic E-state index is -0.934. The molecule has 12 heteroatoms. The van der Waals surface area contributed by atoms with Crippen LogP contribution in [0.15, 0.2) is 88.2 Å². The average Bonchev–Trinajstić information content (AvgIpc) is 3.41. The third kappa shape index (κ3) is 6.87. The number of thiazole rings is 1. The van der Waals surface area contributed by atoms with Gasteiger partial charge in [0.05, 0.1) is 42.7 Å². The van der Waals surface area contributed by atoms with Gasteiger partial charge in [0.2, 0.25) is 0 Å². The summed E-state index contributed by atoms with van der Waals surface area (Å²) in [6.07, 6.45) is 1.76. The molecule has 47 heavy (non-hydrogen) atoms. The van der Waals surface area contributed by atoms with Crippen LogP contribution in [0, 0.1) is 0 Å². The van der Waals surface area contributed by atoms with Gasteiger partial charge in [-0.2, -0.15) is 0 Å². The van der Waals surface area contributed by atoms with E-state index in [4.69, 9.17) is 35.5 Å². The number of methoxy groups -OCH3 is 1. The van der Waals surface area contributed by atoms with Crippen LogP contribution in [0.3, 0.4) is 0 Å². The fourth-order valence-electron chi connectivity index (χ4n) is 5.51. The molecule has 1 saturated heterocycles. The van der Waals surface area contributed by atoms with Crippen LogP contribution in [-0.4, -0.2) is 68.0 Å². The first-order valence-corrected chi connectivity index (χ1v) is 16.3. The number of nitrogens with zero attached hydrogens (tertiary/aromatic N) is 3. The van der Waals surface area contributed by atoms with Gasteiger partial charge in [0.1, 0.15) is 17.5 Å². The van der Waals surface area contributed by atoms with Gasteiger partial charge in [-0.15, -0.1) is 0 Å². The van der Waals surface area contributed by atoms with Crippen molar-refractivity contribution in [3.63, 3.8) is 0 Å². The van der Waals surface area contributed by atoms with Crippen LogP contribution in [0.2, 0.25) is 5.02 Å². The minimum absolute atomic E-state index is 0.0720. The molecule has 2 aliphatic heterocycles. The molecule has 0 bridgehead atoms. The summed E-state index contributed by atoms with van der Waals surface area (Å²) in [5, 5.41) is 0.415. The van der Waals surface area contributed by atoms with Gasteiger partial charge in [-0.05, 0) is 48.9 Å². The Bertz CT molecular complexity index is 2000. The van der Waals surface area contributed by atoms with Crippen LogP contribution in [0.1, 0.15) is 29.7 Å². The molecule has 1 atom stereocenters. The lowest BCUT2D eigenvalue weighted by Gasteiger charge is -2.27. The highest BCUT2D eigenvalue weighted by Gasteiger charge is 2.37. The van der Waals surface area contributed by atoms with Crippen LogP contribution in [0.4, 0.5) is 0 Å². The van der Waals surface area contributed by atoms with Crippen molar-refractivity contribution >= 4 is 46.6 Å². The maximum absolute atomic E-state index is 14.2. The Labute approximate surface area is 279 Å². The number of esters is 1. The molecule has 1 amide bonds. The molecule has 0 radical (unpaired) electrons. The van der Waals surface area contributed by atoms with Gasteiger partial charge < -0.3 is 23.8 Å². The minimum Gasteiger partial charge on any atom is -0.496 e. The molecular weight excluding hydrogens is 642 g/mol. The van der Waals surface area contributed by atoms with E-state index in [2.05, 4.69) is 0 Å². The topological polar surface area (TPSA) is 109 Å². The van der Waals surface area contributed by atoms with E-state index in [1.54, 1.807) is 48.2 Å². The van der Waals surface area contributed by atoms with Crippen LogP contribution in [0.5, 0.6) is 11.5 Å². The number of amides is 1. The molecule has 3 heterocycles. The second-order valence-electron chi connectivity index (χ2n) is 10.7. The lowest BCUT2D eigenvalue weighted by Crippen LogP contribution is -2.42. The predicted molar refractivity (Wildman–Crippen MR) is 178 cm³/mol. The summed E-state index contributed by atoms with van der Waals surface area (Å²) in [5.74, 6) is 0.290. The van der Waals surface area contributed by atoms with E-state index in [0.29, 0.717) is 69.0 Å². The molecule has 0 aliphatic carbocycles. The van der Waals surface area contributed by atoms with Gasteiger partial charge in [0.25, 0.3) is 11.5 Å². The molecule has 242 valence electrons. The van der Waals surface area contributed by atoms with E-state index >= 15 is 0 Å². The maximum Gasteiger partial charge on any atom is 0.338 e. The number of benzene rings is 3. The predicted octanol–water partition coefficient (Wildman–Crippen LogP) is 3.84. The summed E-state index contributed by atoms with van der Waals surface area (Å²) in [7, 11) is 1.52. The summed E-state index contributed by atoms with van der Waals surface area (Å²) >= 11 is 7.68. The Kier molecular flexibility index (Phi) is 9.86. The molecule has 10 nitrogen and oxygen atoms in total. The fraction of sp³-hybridized carbons (Fsp3) is 0.257. The van der Waals surface area contributed by atoms with Gasteiger partial charge in [0, 0.05) is 29.2 Å². The molecule has 0 spiro atoms. The van der Waals surface area contributed by atoms with Crippen LogP contribution < -0.4 is 24.4 Å². The lowest BCUT2D eigenvalue weighted by atomic mass is 9.92. The molecule has 0 N–H and O–H groups in total. The summed E-state index contributed by atoms with van der Waals surface area (Å²) in [5.41, 5.74) is 2.22. The Morgan fingerprint density at radius 3 is 2.51 bits per heavy atom. The first-order chi connectivity index (χ1) is 22.9. The number of halogens is 1. The van der Waals surface area contributed by atoms with E-state index in [1.807, 2.05) is 42.5 Å². The summed E-state index contributed by atoms with van der Waals surface area (Å²) in [6, 6.07) is 20.6. The van der Waals surface area contributed by atoms with E-state index < -0.39 is 12.0 Å². The smallest absolute Gasteiger partial charge is 0.338 e. The number of hydrogen-bond donors (Lipinski definition) is 0. The number of morpholine rings is 1. The lowest BCUT2D eigenvalue weighted by molar-refractivity contribution is -0.139. The summed E-state index contributed by atoms with van der Waals surface area (Å²) in [4.78, 5) is 47.4. The van der Waals surface area contributed by atoms with E-state index in [1.165, 1.54) is 23.0 Å². The Morgan fingerprint density at radius 1 is 1.06 bits per heavy atom. The first-order valence-electron chi connectivity index (χ1n) is 15.1.